The molecule has 0 saturated carbocycles. The molecular formula is C22H31N7. The van der Waals surface area contributed by atoms with Crippen molar-refractivity contribution in [3.8, 4) is 11.3 Å². The lowest BCUT2D eigenvalue weighted by Crippen LogP contribution is -2.49. The maximum absolute atomic E-state index is 6.54. The molecule has 0 atom stereocenters. The van der Waals surface area contributed by atoms with Crippen molar-refractivity contribution in [1.82, 2.24) is 24.6 Å². The first-order valence-corrected chi connectivity index (χ1v) is 10.4. The summed E-state index contributed by atoms with van der Waals surface area (Å²) in [6, 6.07) is 10.7. The Morgan fingerprint density at radius 1 is 0.966 bits per heavy atom. The van der Waals surface area contributed by atoms with Gasteiger partial charge in [-0.15, -0.1) is 5.10 Å². The largest absolute Gasteiger partial charge is 0.383 e. The fourth-order valence-electron chi connectivity index (χ4n) is 3.90. The van der Waals surface area contributed by atoms with Crippen molar-refractivity contribution in [3.63, 3.8) is 0 Å². The number of benzene rings is 1. The molecule has 1 saturated heterocycles. The average Bonchev–Trinajstić information content (AvgIpc) is 3.05. The molecule has 0 aliphatic carbocycles. The summed E-state index contributed by atoms with van der Waals surface area (Å²) in [5, 5.41) is 5.60. The van der Waals surface area contributed by atoms with Gasteiger partial charge in [0, 0.05) is 37.8 Å². The van der Waals surface area contributed by atoms with Crippen LogP contribution in [0.5, 0.6) is 0 Å². The third-order valence-electron chi connectivity index (χ3n) is 5.57. The summed E-state index contributed by atoms with van der Waals surface area (Å²) in [6.45, 7) is 14.6. The predicted molar refractivity (Wildman–Crippen MR) is 119 cm³/mol. The van der Waals surface area contributed by atoms with Crippen molar-refractivity contribution in [2.45, 2.75) is 46.2 Å². The van der Waals surface area contributed by atoms with Crippen LogP contribution in [-0.4, -0.2) is 56.9 Å². The van der Waals surface area contributed by atoms with Gasteiger partial charge < -0.3 is 10.6 Å². The van der Waals surface area contributed by atoms with Gasteiger partial charge in [0.25, 0.3) is 0 Å². The van der Waals surface area contributed by atoms with Crippen LogP contribution < -0.4 is 10.6 Å². The highest BCUT2D eigenvalue weighted by atomic mass is 15.4. The van der Waals surface area contributed by atoms with Gasteiger partial charge >= 0.3 is 0 Å². The number of hydrogen-bond acceptors (Lipinski definition) is 6. The zero-order valence-electron chi connectivity index (χ0n) is 18.1. The van der Waals surface area contributed by atoms with Gasteiger partial charge in [0.15, 0.2) is 5.65 Å². The molecule has 1 aliphatic heterocycles. The molecule has 0 radical (unpaired) electrons. The summed E-state index contributed by atoms with van der Waals surface area (Å²) in [5.74, 6) is 1.35. The van der Waals surface area contributed by atoms with Crippen LogP contribution in [-0.2, 0) is 5.54 Å². The molecule has 154 valence electrons. The molecular weight excluding hydrogens is 362 g/mol. The number of anilines is 2. The minimum atomic E-state index is -0.234. The van der Waals surface area contributed by atoms with E-state index in [1.165, 1.54) is 0 Å². The first-order valence-electron chi connectivity index (χ1n) is 10.4. The van der Waals surface area contributed by atoms with Crippen LogP contribution >= 0.6 is 0 Å². The third-order valence-corrected chi connectivity index (χ3v) is 5.57. The molecule has 1 aromatic carbocycles. The van der Waals surface area contributed by atoms with E-state index in [1.54, 1.807) is 0 Å². The van der Waals surface area contributed by atoms with Crippen molar-refractivity contribution < 1.29 is 0 Å². The number of hydrogen-bond donors (Lipinski definition) is 1. The zero-order chi connectivity index (χ0) is 20.8. The quantitative estimate of drug-likeness (QED) is 0.735. The van der Waals surface area contributed by atoms with E-state index in [1.807, 2.05) is 22.9 Å². The van der Waals surface area contributed by atoms with E-state index in [2.05, 4.69) is 56.6 Å². The van der Waals surface area contributed by atoms with Gasteiger partial charge in [-0.2, -0.15) is 4.98 Å². The molecule has 1 fully saturated rings. The normalized spacial score (nSPS) is 16.1. The van der Waals surface area contributed by atoms with Gasteiger partial charge in [0.1, 0.15) is 5.82 Å². The van der Waals surface area contributed by atoms with E-state index in [0.29, 0.717) is 17.5 Å². The second-order valence-electron chi connectivity index (χ2n) is 9.02. The van der Waals surface area contributed by atoms with Gasteiger partial charge in [-0.3, -0.25) is 4.90 Å². The Morgan fingerprint density at radius 3 is 2.21 bits per heavy atom. The maximum Gasteiger partial charge on any atom is 0.228 e. The van der Waals surface area contributed by atoms with Crippen LogP contribution in [0.2, 0.25) is 0 Å². The van der Waals surface area contributed by atoms with Crippen molar-refractivity contribution >= 4 is 22.8 Å². The van der Waals surface area contributed by atoms with Crippen molar-refractivity contribution in [2.75, 3.05) is 36.8 Å². The fourth-order valence-corrected chi connectivity index (χ4v) is 3.90. The molecule has 4 rings (SSSR count). The van der Waals surface area contributed by atoms with Gasteiger partial charge in [0.05, 0.1) is 16.6 Å². The molecule has 7 nitrogen and oxygen atoms in total. The third kappa shape index (κ3) is 3.67. The first kappa shape index (κ1) is 19.6. The molecule has 0 amide bonds. The Labute approximate surface area is 172 Å². The van der Waals surface area contributed by atoms with E-state index in [9.17, 15) is 0 Å². The number of nitrogen functional groups attached to an aromatic ring is 1. The summed E-state index contributed by atoms with van der Waals surface area (Å²) in [4.78, 5) is 14.6. The van der Waals surface area contributed by atoms with Crippen molar-refractivity contribution in [3.05, 3.63) is 30.3 Å². The number of nitrogens with zero attached hydrogens (tertiary/aromatic N) is 6. The number of aromatic nitrogens is 4. The highest BCUT2D eigenvalue weighted by Crippen LogP contribution is 2.34. The van der Waals surface area contributed by atoms with Crippen LogP contribution in [0.1, 0.15) is 34.6 Å². The average molecular weight is 394 g/mol. The molecule has 1 aliphatic rings. The number of piperazine rings is 1. The summed E-state index contributed by atoms with van der Waals surface area (Å²) >= 11 is 0. The van der Waals surface area contributed by atoms with Crippen LogP contribution in [0.4, 0.5) is 11.8 Å². The Morgan fingerprint density at radius 2 is 1.62 bits per heavy atom. The maximum atomic E-state index is 6.54. The molecule has 7 heteroatoms. The van der Waals surface area contributed by atoms with E-state index >= 15 is 0 Å². The topological polar surface area (TPSA) is 76.1 Å². The molecule has 2 aromatic heterocycles. The zero-order valence-corrected chi connectivity index (χ0v) is 18.1. The van der Waals surface area contributed by atoms with E-state index in [0.717, 1.165) is 48.8 Å². The highest BCUT2D eigenvalue weighted by molar-refractivity contribution is 5.99. The van der Waals surface area contributed by atoms with Crippen LogP contribution in [0, 0.1) is 0 Å². The summed E-state index contributed by atoms with van der Waals surface area (Å²) in [5.41, 5.74) is 8.85. The Kier molecular flexibility index (Phi) is 4.94. The van der Waals surface area contributed by atoms with Crippen molar-refractivity contribution in [1.29, 1.82) is 0 Å². The van der Waals surface area contributed by atoms with E-state index in [4.69, 9.17) is 20.8 Å². The summed E-state index contributed by atoms with van der Waals surface area (Å²) < 4.78 is 1.86. The number of nitrogens with two attached hydrogens (primary N) is 1. The summed E-state index contributed by atoms with van der Waals surface area (Å²) in [7, 11) is 0. The van der Waals surface area contributed by atoms with Gasteiger partial charge in [-0.1, -0.05) is 30.3 Å². The molecule has 3 heterocycles. The van der Waals surface area contributed by atoms with Gasteiger partial charge in [0.2, 0.25) is 5.95 Å². The smallest absolute Gasteiger partial charge is 0.228 e. The fraction of sp³-hybridized carbons (Fsp3) is 0.500. The van der Waals surface area contributed by atoms with Gasteiger partial charge in [-0.25, -0.2) is 9.67 Å². The Balaban J connectivity index is 1.83. The second-order valence-corrected chi connectivity index (χ2v) is 9.02. The Hall–Kier alpha value is -2.67. The number of rotatable bonds is 3. The SMILES string of the molecule is CC(C)N1CCN(c2nc(-c3ccccc3)c3c(N)n(C(C)(C)C)nc3n2)CC1. The second kappa shape index (κ2) is 7.30. The van der Waals surface area contributed by atoms with Crippen LogP contribution in [0.3, 0.4) is 0 Å². The Bertz CT molecular complexity index is 993. The molecule has 0 bridgehead atoms. The standard InChI is InChI=1S/C22H31N7/c1-15(2)27-11-13-28(14-12-27)21-24-18(16-9-7-6-8-10-16)17-19(23)29(22(3,4)5)26-20(17)25-21/h6-10,15H,11-14,23H2,1-5H3. The lowest BCUT2D eigenvalue weighted by atomic mass is 10.1. The van der Waals surface area contributed by atoms with E-state index < -0.39 is 0 Å². The monoisotopic (exact) mass is 393 g/mol. The lowest BCUT2D eigenvalue weighted by molar-refractivity contribution is 0.208. The van der Waals surface area contributed by atoms with Gasteiger partial charge in [-0.05, 0) is 34.6 Å². The minimum Gasteiger partial charge on any atom is -0.383 e. The van der Waals surface area contributed by atoms with Crippen LogP contribution in [0.25, 0.3) is 22.3 Å². The van der Waals surface area contributed by atoms with E-state index in [-0.39, 0.29) is 5.54 Å². The highest BCUT2D eigenvalue weighted by Gasteiger charge is 2.26. The lowest BCUT2D eigenvalue weighted by Gasteiger charge is -2.36. The summed E-state index contributed by atoms with van der Waals surface area (Å²) in [6.07, 6.45) is 0. The number of fused-ring (bicyclic) bond motifs is 1. The molecule has 29 heavy (non-hydrogen) atoms. The molecule has 0 spiro atoms. The first-order chi connectivity index (χ1) is 13.8. The van der Waals surface area contributed by atoms with Crippen molar-refractivity contribution in [2.24, 2.45) is 0 Å². The molecule has 3 aromatic rings. The minimum absolute atomic E-state index is 0.234. The molecule has 0 unspecified atom stereocenters. The predicted octanol–water partition coefficient (Wildman–Crippen LogP) is 3.36. The molecule has 2 N–H and O–H groups in total. The van der Waals surface area contributed by atoms with Crippen LogP contribution in [0.15, 0.2) is 30.3 Å².